The fourth-order valence-electron chi connectivity index (χ4n) is 0.783. The molecule has 0 spiro atoms. The van der Waals surface area contributed by atoms with Crippen LogP contribution in [-0.4, -0.2) is 27.0 Å². The zero-order valence-electron chi connectivity index (χ0n) is 7.88. The maximum absolute atomic E-state index is 11.9. The Hall–Kier alpha value is -0.961. The molecule has 0 unspecified atom stereocenters. The molecule has 0 fully saturated rings. The van der Waals surface area contributed by atoms with Crippen molar-refractivity contribution in [1.82, 2.24) is 0 Å². The van der Waals surface area contributed by atoms with Crippen molar-refractivity contribution in [2.24, 2.45) is 0 Å². The molecule has 1 aromatic carbocycles. The summed E-state index contributed by atoms with van der Waals surface area (Å²) in [6.45, 7) is 0. The number of rotatable bonds is 3. The van der Waals surface area contributed by atoms with Crippen LogP contribution in [0.4, 0.5) is 13.2 Å². The Labute approximate surface area is 96.3 Å². The second-order valence-electron chi connectivity index (χ2n) is 2.74. The number of benzene rings is 1. The molecule has 0 bridgehead atoms. The van der Waals surface area contributed by atoms with Gasteiger partial charge in [-0.25, -0.2) is 0 Å². The summed E-state index contributed by atoms with van der Waals surface area (Å²) in [5.74, 6) is 0. The summed E-state index contributed by atoms with van der Waals surface area (Å²) in [5, 5.41) is 0. The molecular weight excluding hydrogens is 332 g/mol. The van der Waals surface area contributed by atoms with Gasteiger partial charge in [0.2, 0.25) is 0 Å². The fraction of sp³-hybridized carbons (Fsp3) is 0.143. The van der Waals surface area contributed by atoms with Gasteiger partial charge in [-0.3, -0.25) is 0 Å². The third-order valence-electron chi connectivity index (χ3n) is 1.49. The van der Waals surface area contributed by atoms with Crippen LogP contribution in [0.25, 0.3) is 0 Å². The Morgan fingerprint density at radius 2 is 1.53 bits per heavy atom. The van der Waals surface area contributed by atoms with Crippen LogP contribution < -0.4 is 4.46 Å². The normalized spacial score (nSPS) is 13.6. The van der Waals surface area contributed by atoms with Crippen molar-refractivity contribution in [2.45, 2.75) is 5.51 Å². The van der Waals surface area contributed by atoms with Gasteiger partial charge in [0, 0.05) is 0 Å². The first-order valence-electron chi connectivity index (χ1n) is 3.89. The SMILES string of the molecule is O=S(=O)(O[Se](=O)(=O)c1ccccc1)C(F)(F)F. The fourth-order valence-corrected chi connectivity index (χ4v) is 4.67. The minimum absolute atomic E-state index is 0.614. The standard InChI is InChI=1S/C7H5F3O5SSe/c8-7(9,10)16(11,12)15-17(13,14)6-4-2-1-3-5-6/h1-5H. The van der Waals surface area contributed by atoms with Gasteiger partial charge in [-0.1, -0.05) is 0 Å². The Morgan fingerprint density at radius 1 is 1.06 bits per heavy atom. The van der Waals surface area contributed by atoms with E-state index in [0.717, 1.165) is 12.1 Å². The van der Waals surface area contributed by atoms with E-state index >= 15 is 0 Å². The molecule has 96 valence electrons. The van der Waals surface area contributed by atoms with Gasteiger partial charge in [-0.15, -0.1) is 0 Å². The average Bonchev–Trinajstić information content (AvgIpc) is 2.15. The van der Waals surface area contributed by atoms with Gasteiger partial charge in [-0.05, 0) is 0 Å². The topological polar surface area (TPSA) is 77.5 Å². The third kappa shape index (κ3) is 3.25. The molecule has 0 atom stereocenters. The molecule has 0 aliphatic rings. The van der Waals surface area contributed by atoms with Crippen LogP contribution in [0.1, 0.15) is 0 Å². The molecule has 10 heteroatoms. The molecule has 17 heavy (non-hydrogen) atoms. The van der Waals surface area contributed by atoms with Crippen LogP contribution in [0.2, 0.25) is 0 Å². The molecule has 0 saturated carbocycles. The van der Waals surface area contributed by atoms with E-state index in [-0.39, 0.29) is 0 Å². The predicted molar refractivity (Wildman–Crippen MR) is 49.3 cm³/mol. The van der Waals surface area contributed by atoms with Crippen LogP contribution in [0, 0.1) is 0 Å². The van der Waals surface area contributed by atoms with Gasteiger partial charge >= 0.3 is 96.0 Å². The summed E-state index contributed by atoms with van der Waals surface area (Å²) in [7, 11) is -6.16. The average molecular weight is 337 g/mol. The first-order chi connectivity index (χ1) is 7.56. The summed E-state index contributed by atoms with van der Waals surface area (Å²) in [4.78, 5) is 0. The zero-order chi connectivity index (χ0) is 13.3. The van der Waals surface area contributed by atoms with Crippen molar-refractivity contribution in [1.29, 1.82) is 0 Å². The molecule has 0 saturated heterocycles. The van der Waals surface area contributed by atoms with E-state index in [9.17, 15) is 29.3 Å². The van der Waals surface area contributed by atoms with Crippen molar-refractivity contribution in [3.8, 4) is 0 Å². The van der Waals surface area contributed by atoms with Crippen LogP contribution in [0.3, 0.4) is 0 Å². The van der Waals surface area contributed by atoms with Crippen molar-refractivity contribution < 1.29 is 32.5 Å². The summed E-state index contributed by atoms with van der Waals surface area (Å²) in [6.07, 6.45) is 0. The third-order valence-corrected chi connectivity index (χ3v) is 6.46. The van der Waals surface area contributed by atoms with E-state index in [4.69, 9.17) is 0 Å². The Morgan fingerprint density at radius 3 is 1.94 bits per heavy atom. The molecule has 0 aliphatic heterocycles. The molecule has 1 aromatic rings. The number of hydrogen-bond donors (Lipinski definition) is 0. The van der Waals surface area contributed by atoms with Crippen LogP contribution >= 0.6 is 0 Å². The number of alkyl halides is 3. The van der Waals surface area contributed by atoms with Gasteiger partial charge in [0.15, 0.2) is 0 Å². The van der Waals surface area contributed by atoms with Gasteiger partial charge in [0.1, 0.15) is 0 Å². The van der Waals surface area contributed by atoms with Gasteiger partial charge in [0.05, 0.1) is 0 Å². The minimum atomic E-state index is -6.16. The first kappa shape index (κ1) is 14.1. The molecular formula is C7H5F3O5SSe. The Kier molecular flexibility index (Phi) is 3.63. The van der Waals surface area contributed by atoms with E-state index in [0.29, 0.717) is 0 Å². The molecule has 0 heterocycles. The van der Waals surface area contributed by atoms with E-state index in [1.807, 2.05) is 0 Å². The summed E-state index contributed by atoms with van der Waals surface area (Å²) < 4.78 is 82.0. The summed E-state index contributed by atoms with van der Waals surface area (Å²) in [5.41, 5.74) is -5.78. The van der Waals surface area contributed by atoms with Crippen molar-refractivity contribution in [3.63, 3.8) is 0 Å². The Bertz CT molecular complexity index is 590. The summed E-state index contributed by atoms with van der Waals surface area (Å²) in [6, 6.07) is 5.73. The predicted octanol–water partition coefficient (Wildman–Crippen LogP) is 0.560. The number of hydrogen-bond acceptors (Lipinski definition) is 5. The molecule has 0 aliphatic carbocycles. The van der Waals surface area contributed by atoms with E-state index < -0.39 is 33.1 Å². The van der Waals surface area contributed by atoms with Crippen LogP contribution in [0.5, 0.6) is 0 Å². The maximum atomic E-state index is 11.9. The molecule has 0 N–H and O–H groups in total. The van der Waals surface area contributed by atoms with Crippen molar-refractivity contribution in [2.75, 3.05) is 0 Å². The van der Waals surface area contributed by atoms with Crippen LogP contribution in [-0.2, 0) is 21.1 Å². The summed E-state index contributed by atoms with van der Waals surface area (Å²) >= 11 is -5.83. The molecule has 0 aromatic heterocycles. The van der Waals surface area contributed by atoms with E-state index in [1.165, 1.54) is 18.2 Å². The zero-order valence-corrected chi connectivity index (χ0v) is 10.4. The quantitative estimate of drug-likeness (QED) is 0.595. The molecule has 0 amide bonds. The molecule has 5 nitrogen and oxygen atoms in total. The second kappa shape index (κ2) is 4.37. The first-order valence-corrected chi connectivity index (χ1v) is 8.25. The van der Waals surface area contributed by atoms with E-state index in [1.54, 1.807) is 0 Å². The van der Waals surface area contributed by atoms with Crippen molar-refractivity contribution in [3.05, 3.63) is 30.3 Å². The number of halogens is 3. The van der Waals surface area contributed by atoms with Crippen molar-refractivity contribution >= 4 is 27.6 Å². The van der Waals surface area contributed by atoms with Crippen LogP contribution in [0.15, 0.2) is 30.3 Å². The van der Waals surface area contributed by atoms with E-state index in [2.05, 4.69) is 3.27 Å². The second-order valence-corrected chi connectivity index (χ2v) is 7.99. The van der Waals surface area contributed by atoms with Gasteiger partial charge in [-0.2, -0.15) is 0 Å². The molecule has 0 radical (unpaired) electrons. The van der Waals surface area contributed by atoms with Gasteiger partial charge in [0.25, 0.3) is 0 Å². The molecule has 1 rings (SSSR count). The monoisotopic (exact) mass is 338 g/mol. The van der Waals surface area contributed by atoms with Gasteiger partial charge < -0.3 is 0 Å². The Balaban J connectivity index is 3.14.